The number of primary amides is 1. The Morgan fingerprint density at radius 2 is 1.98 bits per heavy atom. The zero-order valence-electron chi connectivity index (χ0n) is 23.3. The number of halogens is 3. The minimum absolute atomic E-state index is 0.0253. The third-order valence-corrected chi connectivity index (χ3v) is 8.26. The van der Waals surface area contributed by atoms with Gasteiger partial charge in [-0.25, -0.2) is 14.4 Å². The van der Waals surface area contributed by atoms with Crippen molar-refractivity contribution in [3.63, 3.8) is 0 Å². The molecule has 6 atom stereocenters. The van der Waals surface area contributed by atoms with Gasteiger partial charge in [-0.2, -0.15) is 5.26 Å². The van der Waals surface area contributed by atoms with Crippen molar-refractivity contribution in [2.24, 2.45) is 11.1 Å². The summed E-state index contributed by atoms with van der Waals surface area (Å²) in [5.74, 6) is -5.66. The molecule has 3 N–H and O–H groups in total. The summed E-state index contributed by atoms with van der Waals surface area (Å²) < 4.78 is 28.1. The van der Waals surface area contributed by atoms with Crippen molar-refractivity contribution in [3.8, 4) is 6.07 Å². The molecule has 2 aliphatic rings. The first-order chi connectivity index (χ1) is 19.0. The summed E-state index contributed by atoms with van der Waals surface area (Å²) in [4.78, 5) is 36.8. The molecule has 3 heterocycles. The lowest BCUT2D eigenvalue weighted by atomic mass is 9.65. The van der Waals surface area contributed by atoms with Crippen LogP contribution in [0.3, 0.4) is 0 Å². The van der Waals surface area contributed by atoms with E-state index in [0.717, 1.165) is 0 Å². The monoisotopic (exact) mass is 651 g/mol. The molecular formula is C28H32BrClFN5O5. The van der Waals surface area contributed by atoms with Crippen molar-refractivity contribution >= 4 is 39.4 Å². The summed E-state index contributed by atoms with van der Waals surface area (Å²) in [5, 5.41) is 21.7. The zero-order chi connectivity index (χ0) is 30.5. The van der Waals surface area contributed by atoms with E-state index in [1.54, 1.807) is 13.8 Å². The van der Waals surface area contributed by atoms with E-state index >= 15 is 4.39 Å². The number of ether oxygens (including phenoxy) is 2. The number of aromatic nitrogens is 2. The number of hydrogen-bond acceptors (Lipinski definition) is 8. The predicted octanol–water partition coefficient (Wildman–Crippen LogP) is 4.16. The Kier molecular flexibility index (Phi) is 8.53. The average molecular weight is 653 g/mol. The number of likely N-dealkylation sites (tertiary alicyclic amines) is 1. The number of nitrogens with two attached hydrogens (primary N) is 1. The van der Waals surface area contributed by atoms with Gasteiger partial charge in [0.15, 0.2) is 11.6 Å². The SMILES string of the molecule is CC(C)(C)C[C@@H]1N(C(C(N)=O)[C@H]2COC(C)(C)O2)[C@@H](C(=O)O)[C@H](c2cccc(Cl)c2F)[C@]1(C#N)c1ncc(Br)cn1. The number of carboxylic acid groups (broad SMARTS) is 1. The number of amides is 1. The largest absolute Gasteiger partial charge is 0.480 e. The fourth-order valence-corrected chi connectivity index (χ4v) is 6.50. The molecule has 0 spiro atoms. The van der Waals surface area contributed by atoms with Crippen LogP contribution in [0.4, 0.5) is 4.39 Å². The summed E-state index contributed by atoms with van der Waals surface area (Å²) in [6.45, 7) is 9.00. The highest BCUT2D eigenvalue weighted by Crippen LogP contribution is 2.56. The number of carbonyl (C=O) groups is 2. The molecule has 0 bridgehead atoms. The van der Waals surface area contributed by atoms with Crippen molar-refractivity contribution < 1.29 is 28.6 Å². The number of aliphatic carboxylic acids is 1. The fourth-order valence-electron chi connectivity index (χ4n) is 6.12. The minimum Gasteiger partial charge on any atom is -0.480 e. The molecule has 0 radical (unpaired) electrons. The van der Waals surface area contributed by atoms with Gasteiger partial charge in [-0.15, -0.1) is 0 Å². The second-order valence-corrected chi connectivity index (χ2v) is 13.4. The van der Waals surface area contributed by atoms with Crippen molar-refractivity contribution in [1.82, 2.24) is 14.9 Å². The molecule has 1 unspecified atom stereocenters. The van der Waals surface area contributed by atoms with Crippen LogP contribution in [0.15, 0.2) is 35.1 Å². The number of carbonyl (C=O) groups excluding carboxylic acids is 1. The van der Waals surface area contributed by atoms with Gasteiger partial charge in [-0.05, 0) is 53.2 Å². The normalized spacial score (nSPS) is 28.8. The summed E-state index contributed by atoms with van der Waals surface area (Å²) >= 11 is 9.48. The molecule has 2 saturated heterocycles. The Morgan fingerprint density at radius 1 is 1.34 bits per heavy atom. The van der Waals surface area contributed by atoms with Crippen LogP contribution in [0, 0.1) is 22.6 Å². The van der Waals surface area contributed by atoms with Gasteiger partial charge in [0.2, 0.25) is 5.91 Å². The van der Waals surface area contributed by atoms with E-state index in [1.165, 1.54) is 35.5 Å². The molecule has 220 valence electrons. The fraction of sp³-hybridized carbons (Fsp3) is 0.536. The molecule has 0 saturated carbocycles. The Bertz CT molecular complexity index is 1380. The van der Waals surface area contributed by atoms with Crippen LogP contribution in [-0.2, 0) is 24.5 Å². The maximum atomic E-state index is 15.9. The first kappa shape index (κ1) is 31.3. The van der Waals surface area contributed by atoms with E-state index in [4.69, 9.17) is 26.8 Å². The molecule has 2 aliphatic heterocycles. The van der Waals surface area contributed by atoms with Gasteiger partial charge < -0.3 is 20.3 Å². The smallest absolute Gasteiger partial charge is 0.321 e. The first-order valence-corrected chi connectivity index (χ1v) is 14.2. The van der Waals surface area contributed by atoms with Crippen molar-refractivity contribution in [1.29, 1.82) is 5.26 Å². The molecule has 1 aromatic carbocycles. The first-order valence-electron chi connectivity index (χ1n) is 13.0. The number of nitrogens with zero attached hydrogens (tertiary/aromatic N) is 4. The van der Waals surface area contributed by atoms with Gasteiger partial charge in [-0.3, -0.25) is 14.5 Å². The third-order valence-electron chi connectivity index (χ3n) is 7.56. The van der Waals surface area contributed by atoms with Crippen LogP contribution >= 0.6 is 27.5 Å². The molecule has 1 aromatic heterocycles. The summed E-state index contributed by atoms with van der Waals surface area (Å²) in [7, 11) is 0. The summed E-state index contributed by atoms with van der Waals surface area (Å²) in [6.07, 6.45) is 2.07. The van der Waals surface area contributed by atoms with Gasteiger partial charge in [0.1, 0.15) is 29.4 Å². The lowest BCUT2D eigenvalue weighted by Crippen LogP contribution is -2.60. The Hall–Kier alpha value is -2.69. The topological polar surface area (TPSA) is 152 Å². The molecule has 13 heteroatoms. The molecular weight excluding hydrogens is 621 g/mol. The maximum absolute atomic E-state index is 15.9. The highest BCUT2D eigenvalue weighted by atomic mass is 79.9. The van der Waals surface area contributed by atoms with Crippen LogP contribution in [0.5, 0.6) is 0 Å². The van der Waals surface area contributed by atoms with Gasteiger partial charge in [0.05, 0.1) is 22.2 Å². The minimum atomic E-state index is -1.87. The molecule has 10 nitrogen and oxygen atoms in total. The van der Waals surface area contributed by atoms with Gasteiger partial charge in [0.25, 0.3) is 0 Å². The Morgan fingerprint density at radius 3 is 2.46 bits per heavy atom. The van der Waals surface area contributed by atoms with Gasteiger partial charge >= 0.3 is 5.97 Å². The average Bonchev–Trinajstić information content (AvgIpc) is 3.35. The molecule has 1 amide bonds. The Labute approximate surface area is 251 Å². The maximum Gasteiger partial charge on any atom is 0.321 e. The van der Waals surface area contributed by atoms with Gasteiger partial charge in [0, 0.05) is 24.4 Å². The van der Waals surface area contributed by atoms with E-state index in [1.807, 2.05) is 20.8 Å². The molecule has 0 aliphatic carbocycles. The van der Waals surface area contributed by atoms with E-state index < -0.39 is 64.5 Å². The van der Waals surface area contributed by atoms with Gasteiger partial charge in [-0.1, -0.05) is 44.5 Å². The number of rotatable bonds is 7. The van der Waals surface area contributed by atoms with E-state index in [-0.39, 0.29) is 29.4 Å². The number of carboxylic acids is 1. The number of hydrogen-bond donors (Lipinski definition) is 2. The standard InChI is InChI=1S/C28H32BrClFN5O5/c1-26(2,3)9-18-28(13-32,25-34-10-14(29)11-35-25)19(15-7-6-8-16(30)20(15)31)22(24(38)39)36(18)21(23(33)37)17-12-40-27(4,5)41-17/h6-8,10-11,17-19,21-22H,9,12H2,1-5H3,(H2,33,37)(H,38,39)/t17-,18+,19+,21?,22-,28-/m1/s1. The summed E-state index contributed by atoms with van der Waals surface area (Å²) in [5.41, 5.74) is 3.47. The predicted molar refractivity (Wildman–Crippen MR) is 150 cm³/mol. The van der Waals surface area contributed by atoms with Crippen LogP contribution in [-0.4, -0.2) is 68.5 Å². The van der Waals surface area contributed by atoms with Crippen molar-refractivity contribution in [2.75, 3.05) is 6.61 Å². The zero-order valence-corrected chi connectivity index (χ0v) is 25.6. The second kappa shape index (κ2) is 11.2. The van der Waals surface area contributed by atoms with Crippen LogP contribution in [0.25, 0.3) is 0 Å². The molecule has 41 heavy (non-hydrogen) atoms. The van der Waals surface area contributed by atoms with Crippen LogP contribution in [0.2, 0.25) is 5.02 Å². The van der Waals surface area contributed by atoms with E-state index in [0.29, 0.717) is 4.47 Å². The summed E-state index contributed by atoms with van der Waals surface area (Å²) in [6, 6.07) is 2.49. The van der Waals surface area contributed by atoms with E-state index in [2.05, 4.69) is 32.0 Å². The third kappa shape index (κ3) is 5.70. The van der Waals surface area contributed by atoms with Crippen LogP contribution < -0.4 is 5.73 Å². The molecule has 2 fully saturated rings. The van der Waals surface area contributed by atoms with E-state index in [9.17, 15) is 20.0 Å². The van der Waals surface area contributed by atoms with Crippen molar-refractivity contribution in [3.05, 3.63) is 57.3 Å². The molecule has 2 aromatic rings. The highest BCUT2D eigenvalue weighted by molar-refractivity contribution is 9.10. The van der Waals surface area contributed by atoms with Crippen LogP contribution in [0.1, 0.15) is 58.3 Å². The molecule has 4 rings (SSSR count). The quantitative estimate of drug-likeness (QED) is 0.449. The Balaban J connectivity index is 2.11. The number of benzene rings is 1. The van der Waals surface area contributed by atoms with Crippen molar-refractivity contribution in [2.45, 2.75) is 82.4 Å². The highest BCUT2D eigenvalue weighted by Gasteiger charge is 2.68. The lowest BCUT2D eigenvalue weighted by Gasteiger charge is -2.41. The number of nitriles is 1. The lowest BCUT2D eigenvalue weighted by molar-refractivity contribution is -0.159. The second-order valence-electron chi connectivity index (χ2n) is 12.1.